The number of hydrogen-bond acceptors (Lipinski definition) is 0. The second-order valence-electron chi connectivity index (χ2n) is 14.2. The molecule has 0 atom stereocenters. The van der Waals surface area contributed by atoms with Gasteiger partial charge in [0.05, 0.1) is 8.31 Å². The first kappa shape index (κ1) is 33.1. The lowest BCUT2D eigenvalue weighted by Gasteiger charge is -2.39. The molecule has 38 heavy (non-hydrogen) atoms. The highest BCUT2D eigenvalue weighted by Gasteiger charge is 2.40. The van der Waals surface area contributed by atoms with Gasteiger partial charge in [-0.1, -0.05) is 157 Å². The van der Waals surface area contributed by atoms with Gasteiger partial charge in [0.1, 0.15) is 8.31 Å². The van der Waals surface area contributed by atoms with E-state index in [2.05, 4.69) is 135 Å². The molecule has 0 nitrogen and oxygen atoms in total. The molecule has 0 amide bonds. The van der Waals surface area contributed by atoms with E-state index < -0.39 is 16.6 Å². The van der Waals surface area contributed by atoms with Gasteiger partial charge >= 0.3 is 0 Å². The molecule has 2 radical (unpaired) electrons. The predicted octanol–water partition coefficient (Wildman–Crippen LogP) is 10.4. The van der Waals surface area contributed by atoms with Crippen molar-refractivity contribution in [3.05, 3.63) is 57.6 Å². The molecule has 2 heteroatoms. The van der Waals surface area contributed by atoms with Crippen LogP contribution in [0, 0.1) is 0 Å². The molecule has 0 aliphatic heterocycles. The first-order valence-electron chi connectivity index (χ1n) is 15.6. The fourth-order valence-electron chi connectivity index (χ4n) is 6.15. The lowest BCUT2D eigenvalue weighted by atomic mass is 9.89. The SMILES string of the molecule is CC(C)c1cc(C(C)C)c([Si](c2c(C(C)C)cc(C(C)C)cc2C(C)C)[Si](C(C)C)C(C)C)c(C(C)C)c1. The molecule has 0 saturated carbocycles. The van der Waals surface area contributed by atoms with Crippen molar-refractivity contribution in [1.82, 2.24) is 0 Å². The minimum atomic E-state index is -1.02. The van der Waals surface area contributed by atoms with Gasteiger partial charge in [0.25, 0.3) is 0 Å². The first-order chi connectivity index (χ1) is 17.5. The van der Waals surface area contributed by atoms with Gasteiger partial charge in [-0.25, -0.2) is 0 Å². The number of benzene rings is 2. The van der Waals surface area contributed by atoms with Crippen molar-refractivity contribution in [2.75, 3.05) is 0 Å². The van der Waals surface area contributed by atoms with Crippen LogP contribution in [0.4, 0.5) is 0 Å². The van der Waals surface area contributed by atoms with E-state index in [1.165, 1.54) is 11.1 Å². The van der Waals surface area contributed by atoms with Crippen LogP contribution in [0.15, 0.2) is 24.3 Å². The summed E-state index contributed by atoms with van der Waals surface area (Å²) in [6, 6.07) is 10.5. The second-order valence-corrected chi connectivity index (χ2v) is 22.4. The molecule has 2 aromatic rings. The van der Waals surface area contributed by atoms with Crippen molar-refractivity contribution in [3.63, 3.8) is 0 Å². The van der Waals surface area contributed by atoms with Gasteiger partial charge in [-0.3, -0.25) is 0 Å². The summed E-state index contributed by atoms with van der Waals surface area (Å²) in [6.07, 6.45) is 0. The van der Waals surface area contributed by atoms with Crippen molar-refractivity contribution in [2.24, 2.45) is 0 Å². The topological polar surface area (TPSA) is 0 Å². The lowest BCUT2D eigenvalue weighted by molar-refractivity contribution is 0.809. The number of hydrogen-bond donors (Lipinski definition) is 0. The van der Waals surface area contributed by atoms with E-state index in [9.17, 15) is 0 Å². The van der Waals surface area contributed by atoms with Gasteiger partial charge in [-0.15, -0.1) is 0 Å². The monoisotopic (exact) mass is 548 g/mol. The third-order valence-corrected chi connectivity index (χ3v) is 20.2. The summed E-state index contributed by atoms with van der Waals surface area (Å²) >= 11 is 0. The largest absolute Gasteiger partial charge is 0.112 e. The molecule has 0 bridgehead atoms. The Morgan fingerprint density at radius 2 is 0.605 bits per heavy atom. The molecule has 2 rings (SSSR count). The van der Waals surface area contributed by atoms with Gasteiger partial charge in [0.15, 0.2) is 0 Å². The summed E-state index contributed by atoms with van der Waals surface area (Å²) in [4.78, 5) is 0. The fraction of sp³-hybridized carbons (Fsp3) is 0.667. The fourth-order valence-corrected chi connectivity index (χ4v) is 19.0. The Morgan fingerprint density at radius 3 is 0.763 bits per heavy atom. The van der Waals surface area contributed by atoms with Crippen LogP contribution in [0.2, 0.25) is 11.1 Å². The van der Waals surface area contributed by atoms with Crippen LogP contribution in [0.5, 0.6) is 0 Å². The average Bonchev–Trinajstić information content (AvgIpc) is 2.79. The van der Waals surface area contributed by atoms with Crippen LogP contribution in [0.25, 0.3) is 0 Å². The van der Waals surface area contributed by atoms with Gasteiger partial charge in [0.2, 0.25) is 0 Å². The lowest BCUT2D eigenvalue weighted by Crippen LogP contribution is -2.61. The van der Waals surface area contributed by atoms with Gasteiger partial charge in [0, 0.05) is 0 Å². The summed E-state index contributed by atoms with van der Waals surface area (Å²) < 4.78 is 0. The molecule has 0 heterocycles. The molecular weight excluding hydrogens is 489 g/mol. The van der Waals surface area contributed by atoms with Crippen LogP contribution in [-0.4, -0.2) is 16.6 Å². The Morgan fingerprint density at radius 1 is 0.368 bits per heavy atom. The predicted molar refractivity (Wildman–Crippen MR) is 178 cm³/mol. The molecule has 0 saturated heterocycles. The normalized spacial score (nSPS) is 13.0. The molecule has 0 unspecified atom stereocenters. The Kier molecular flexibility index (Phi) is 11.7. The molecule has 0 fully saturated rings. The van der Waals surface area contributed by atoms with Crippen molar-refractivity contribution in [3.8, 4) is 0 Å². The standard InChI is InChI=1S/C36H60Si2/c1-21(2)29-17-31(23(5)6)35(32(18-29)24(7)8)38(37(27(13)14)28(15)16)36-33(25(9)10)19-30(22(3)4)20-34(36)26(11)12/h17-28H,1-16H3. The highest BCUT2D eigenvalue weighted by molar-refractivity contribution is 7.34. The van der Waals surface area contributed by atoms with Crippen LogP contribution in [0.1, 0.15) is 180 Å². The minimum absolute atomic E-state index is 0.531. The van der Waals surface area contributed by atoms with E-state index in [4.69, 9.17) is 0 Å². The zero-order chi connectivity index (χ0) is 29.2. The van der Waals surface area contributed by atoms with Crippen molar-refractivity contribution >= 4 is 27.0 Å². The molecular formula is C36H60Si2. The molecule has 212 valence electrons. The van der Waals surface area contributed by atoms with Crippen LogP contribution in [-0.2, 0) is 0 Å². The van der Waals surface area contributed by atoms with Crippen LogP contribution in [0.3, 0.4) is 0 Å². The van der Waals surface area contributed by atoms with E-state index in [0.717, 1.165) is 11.1 Å². The number of rotatable bonds is 11. The van der Waals surface area contributed by atoms with E-state index in [1.807, 2.05) is 0 Å². The molecule has 0 aliphatic rings. The molecule has 0 spiro atoms. The zero-order valence-corrected chi connectivity index (χ0v) is 29.9. The maximum atomic E-state index is 2.62. The summed E-state index contributed by atoms with van der Waals surface area (Å²) in [6.45, 7) is 39.2. The average molecular weight is 549 g/mol. The summed E-state index contributed by atoms with van der Waals surface area (Å²) in [5.74, 6) is 3.23. The molecule has 0 aliphatic carbocycles. The minimum Gasteiger partial charge on any atom is -0.0655 e. The molecule has 2 aromatic carbocycles. The quantitative estimate of drug-likeness (QED) is 0.245. The maximum Gasteiger partial charge on any atom is 0.112 e. The second kappa shape index (κ2) is 13.5. The van der Waals surface area contributed by atoms with Gasteiger partial charge < -0.3 is 0 Å². The Hall–Kier alpha value is -1.13. The summed E-state index contributed by atoms with van der Waals surface area (Å²) in [5, 5.41) is 3.59. The Balaban J connectivity index is 3.26. The van der Waals surface area contributed by atoms with Crippen LogP contribution < -0.4 is 10.4 Å². The Labute approximate surface area is 241 Å². The Bertz CT molecular complexity index is 911. The summed E-state index contributed by atoms with van der Waals surface area (Å²) in [7, 11) is -1.72. The van der Waals surface area contributed by atoms with Gasteiger partial charge in [-0.2, -0.15) is 0 Å². The highest BCUT2D eigenvalue weighted by atomic mass is 29.2. The maximum absolute atomic E-state index is 2.62. The third kappa shape index (κ3) is 7.14. The van der Waals surface area contributed by atoms with Crippen molar-refractivity contribution in [1.29, 1.82) is 0 Å². The molecule has 0 aromatic heterocycles. The summed E-state index contributed by atoms with van der Waals surface area (Å²) in [5.41, 5.74) is 11.1. The van der Waals surface area contributed by atoms with E-state index in [0.29, 0.717) is 35.5 Å². The highest BCUT2D eigenvalue weighted by Crippen LogP contribution is 2.33. The third-order valence-electron chi connectivity index (χ3n) is 8.30. The van der Waals surface area contributed by atoms with Crippen molar-refractivity contribution < 1.29 is 0 Å². The van der Waals surface area contributed by atoms with E-state index in [1.54, 1.807) is 32.6 Å². The first-order valence-corrected chi connectivity index (χ1v) is 19.8. The zero-order valence-electron chi connectivity index (χ0n) is 27.9. The molecule has 0 N–H and O–H groups in total. The van der Waals surface area contributed by atoms with E-state index >= 15 is 0 Å². The van der Waals surface area contributed by atoms with Crippen molar-refractivity contribution in [2.45, 2.75) is 157 Å². The van der Waals surface area contributed by atoms with E-state index in [-0.39, 0.29) is 0 Å². The van der Waals surface area contributed by atoms with Crippen LogP contribution >= 0.6 is 0 Å². The smallest absolute Gasteiger partial charge is 0.0655 e. The van der Waals surface area contributed by atoms with Gasteiger partial charge in [-0.05, 0) is 68.9 Å².